The fourth-order valence-corrected chi connectivity index (χ4v) is 4.71. The minimum atomic E-state index is -0.424. The second-order valence-electron chi connectivity index (χ2n) is 7.21. The molecule has 0 aliphatic rings. The highest BCUT2D eigenvalue weighted by Gasteiger charge is 2.21. The van der Waals surface area contributed by atoms with E-state index in [2.05, 4.69) is 15.5 Å². The van der Waals surface area contributed by atoms with E-state index >= 15 is 0 Å². The zero-order valence-corrected chi connectivity index (χ0v) is 19.7. The Bertz CT molecular complexity index is 1040. The molecule has 1 amide bonds. The van der Waals surface area contributed by atoms with E-state index in [1.807, 2.05) is 55.7 Å². The molecule has 164 valence electrons. The van der Waals surface area contributed by atoms with Crippen LogP contribution in [0.25, 0.3) is 0 Å². The van der Waals surface area contributed by atoms with Crippen LogP contribution >= 0.6 is 23.1 Å². The quantitative estimate of drug-likeness (QED) is 0.369. The van der Waals surface area contributed by atoms with Crippen LogP contribution in [-0.2, 0) is 16.1 Å². The van der Waals surface area contributed by atoms with Crippen molar-refractivity contribution < 1.29 is 14.3 Å². The molecule has 7 nitrogen and oxygen atoms in total. The fourth-order valence-electron chi connectivity index (χ4n) is 2.86. The summed E-state index contributed by atoms with van der Waals surface area (Å²) in [6.07, 6.45) is 0. The first kappa shape index (κ1) is 23.0. The Kier molecular flexibility index (Phi) is 7.86. The van der Waals surface area contributed by atoms with Crippen molar-refractivity contribution in [1.82, 2.24) is 14.8 Å². The molecule has 0 saturated heterocycles. The number of carbonyl (C=O) groups is 2. The number of hydrogen-bond donors (Lipinski definition) is 1. The molecular formula is C22H26N4O3S2. The first-order valence-electron chi connectivity index (χ1n) is 10.1. The lowest BCUT2D eigenvalue weighted by atomic mass is 10.1. The lowest BCUT2D eigenvalue weighted by Gasteiger charge is -2.09. The summed E-state index contributed by atoms with van der Waals surface area (Å²) in [4.78, 5) is 25.9. The number of anilines is 1. The van der Waals surface area contributed by atoms with Crippen molar-refractivity contribution in [3.8, 4) is 0 Å². The molecule has 0 unspecified atom stereocenters. The molecule has 0 aliphatic carbocycles. The first-order valence-corrected chi connectivity index (χ1v) is 11.9. The third kappa shape index (κ3) is 5.95. The summed E-state index contributed by atoms with van der Waals surface area (Å²) in [7, 11) is 0. The monoisotopic (exact) mass is 458 g/mol. The van der Waals surface area contributed by atoms with Gasteiger partial charge in [-0.15, -0.1) is 21.5 Å². The number of aromatic nitrogens is 3. The van der Waals surface area contributed by atoms with Gasteiger partial charge in [-0.25, -0.2) is 4.79 Å². The lowest BCUT2D eigenvalue weighted by Crippen LogP contribution is -2.16. The molecule has 0 spiro atoms. The molecule has 1 aromatic carbocycles. The van der Waals surface area contributed by atoms with Crippen LogP contribution in [-0.4, -0.2) is 39.0 Å². The lowest BCUT2D eigenvalue weighted by molar-refractivity contribution is -0.113. The molecule has 0 atom stereocenters. The maximum Gasteiger partial charge on any atom is 0.341 e. The largest absolute Gasteiger partial charge is 0.462 e. The molecule has 0 fully saturated rings. The van der Waals surface area contributed by atoms with Crippen LogP contribution in [0.1, 0.15) is 53.3 Å². The molecule has 0 aliphatic heterocycles. The van der Waals surface area contributed by atoms with Crippen LogP contribution < -0.4 is 5.32 Å². The Morgan fingerprint density at radius 2 is 1.97 bits per heavy atom. The Labute approximate surface area is 190 Å². The summed E-state index contributed by atoms with van der Waals surface area (Å²) in [5.74, 6) is 0.560. The molecule has 3 rings (SSSR count). The molecule has 31 heavy (non-hydrogen) atoms. The minimum Gasteiger partial charge on any atom is -0.462 e. The maximum atomic E-state index is 12.6. The van der Waals surface area contributed by atoms with Gasteiger partial charge in [0.05, 0.1) is 24.5 Å². The third-order valence-electron chi connectivity index (χ3n) is 4.49. The van der Waals surface area contributed by atoms with Gasteiger partial charge < -0.3 is 14.6 Å². The van der Waals surface area contributed by atoms with E-state index in [1.54, 1.807) is 13.0 Å². The summed E-state index contributed by atoms with van der Waals surface area (Å²) >= 11 is 2.72. The Balaban J connectivity index is 1.68. The summed E-state index contributed by atoms with van der Waals surface area (Å²) in [5, 5.41) is 12.4. The third-order valence-corrected chi connectivity index (χ3v) is 6.80. The van der Waals surface area contributed by atoms with Crippen molar-refractivity contribution in [3.63, 3.8) is 0 Å². The smallest absolute Gasteiger partial charge is 0.341 e. The number of nitrogens with one attached hydrogen (secondary N) is 1. The molecule has 2 aromatic heterocycles. The number of nitrogens with zero attached hydrogens (tertiary/aromatic N) is 3. The summed E-state index contributed by atoms with van der Waals surface area (Å²) in [6.45, 7) is 8.67. The second-order valence-corrected chi connectivity index (χ2v) is 9.23. The van der Waals surface area contributed by atoms with Gasteiger partial charge in [0.25, 0.3) is 0 Å². The highest BCUT2D eigenvalue weighted by atomic mass is 32.2. The number of thiophene rings is 1. The van der Waals surface area contributed by atoms with Crippen LogP contribution in [0.2, 0.25) is 0 Å². The average molecular weight is 459 g/mol. The molecule has 9 heteroatoms. The van der Waals surface area contributed by atoms with E-state index in [0.717, 1.165) is 16.3 Å². The first-order chi connectivity index (χ1) is 14.9. The number of carbonyl (C=O) groups excluding carboxylic acids is 2. The number of aryl methyl sites for hydroxylation is 1. The topological polar surface area (TPSA) is 86.1 Å². The predicted octanol–water partition coefficient (Wildman–Crippen LogP) is 4.73. The van der Waals surface area contributed by atoms with Crippen LogP contribution in [0.4, 0.5) is 5.00 Å². The molecule has 0 bridgehead atoms. The Morgan fingerprint density at radius 1 is 1.23 bits per heavy atom. The summed E-state index contributed by atoms with van der Waals surface area (Å²) in [6, 6.07) is 11.8. The van der Waals surface area contributed by atoms with E-state index in [4.69, 9.17) is 4.74 Å². The minimum absolute atomic E-state index is 0.157. The number of esters is 1. The Hall–Kier alpha value is -2.65. The number of rotatable bonds is 9. The maximum absolute atomic E-state index is 12.6. The zero-order chi connectivity index (χ0) is 22.4. The van der Waals surface area contributed by atoms with Crippen LogP contribution in [0, 0.1) is 6.92 Å². The molecule has 0 radical (unpaired) electrons. The normalized spacial score (nSPS) is 11.0. The van der Waals surface area contributed by atoms with Crippen molar-refractivity contribution in [2.75, 3.05) is 17.7 Å². The summed E-state index contributed by atoms with van der Waals surface area (Å²) in [5.41, 5.74) is 1.53. The summed E-state index contributed by atoms with van der Waals surface area (Å²) < 4.78 is 7.12. The zero-order valence-electron chi connectivity index (χ0n) is 18.0. The molecule has 0 saturated carbocycles. The van der Waals surface area contributed by atoms with Crippen molar-refractivity contribution in [2.45, 2.75) is 45.3 Å². The standard InChI is InChI=1S/C22H26N4O3S2/c1-5-29-21(28)17-11-18(14(2)3)31-20(17)23-19(27)13-30-22-25-24-15(4)26(22)12-16-9-7-6-8-10-16/h6-11,14H,5,12-13H2,1-4H3,(H,23,27). The van der Waals surface area contributed by atoms with Gasteiger partial charge in [-0.05, 0) is 31.4 Å². The van der Waals surface area contributed by atoms with Gasteiger partial charge in [-0.2, -0.15) is 0 Å². The van der Waals surface area contributed by atoms with Gasteiger partial charge in [0.2, 0.25) is 5.91 Å². The van der Waals surface area contributed by atoms with E-state index < -0.39 is 5.97 Å². The van der Waals surface area contributed by atoms with Gasteiger partial charge in [0, 0.05) is 4.88 Å². The number of ether oxygens (including phenoxy) is 1. The second kappa shape index (κ2) is 10.6. The SMILES string of the molecule is CCOC(=O)c1cc(C(C)C)sc1NC(=O)CSc1nnc(C)n1Cc1ccccc1. The number of thioether (sulfide) groups is 1. The van der Waals surface area contributed by atoms with Crippen molar-refractivity contribution in [1.29, 1.82) is 0 Å². The molecule has 3 aromatic rings. The van der Waals surface area contributed by atoms with Crippen LogP contribution in [0.5, 0.6) is 0 Å². The molecule has 1 N–H and O–H groups in total. The van der Waals surface area contributed by atoms with E-state index in [1.165, 1.54) is 23.1 Å². The number of amides is 1. The number of hydrogen-bond acceptors (Lipinski definition) is 7. The molecule has 2 heterocycles. The highest BCUT2D eigenvalue weighted by molar-refractivity contribution is 7.99. The van der Waals surface area contributed by atoms with E-state index in [-0.39, 0.29) is 24.2 Å². The van der Waals surface area contributed by atoms with Gasteiger partial charge in [-0.1, -0.05) is 55.9 Å². The number of benzene rings is 1. The van der Waals surface area contributed by atoms with Crippen LogP contribution in [0.15, 0.2) is 41.6 Å². The van der Waals surface area contributed by atoms with Gasteiger partial charge in [-0.3, -0.25) is 4.79 Å². The highest BCUT2D eigenvalue weighted by Crippen LogP contribution is 2.33. The van der Waals surface area contributed by atoms with Crippen molar-refractivity contribution in [3.05, 3.63) is 58.2 Å². The van der Waals surface area contributed by atoms with Gasteiger partial charge in [0.1, 0.15) is 10.8 Å². The van der Waals surface area contributed by atoms with Crippen LogP contribution in [0.3, 0.4) is 0 Å². The van der Waals surface area contributed by atoms with Gasteiger partial charge >= 0.3 is 5.97 Å². The average Bonchev–Trinajstić information content (AvgIpc) is 3.32. The fraction of sp³-hybridized carbons (Fsp3) is 0.364. The van der Waals surface area contributed by atoms with Crippen molar-refractivity contribution in [2.24, 2.45) is 0 Å². The van der Waals surface area contributed by atoms with E-state index in [9.17, 15) is 9.59 Å². The van der Waals surface area contributed by atoms with E-state index in [0.29, 0.717) is 22.3 Å². The van der Waals surface area contributed by atoms with Crippen molar-refractivity contribution >= 4 is 40.0 Å². The van der Waals surface area contributed by atoms with Gasteiger partial charge in [0.15, 0.2) is 5.16 Å². The molecular weight excluding hydrogens is 432 g/mol. The predicted molar refractivity (Wildman–Crippen MR) is 124 cm³/mol. The Morgan fingerprint density at radius 3 is 2.65 bits per heavy atom.